The highest BCUT2D eigenvalue weighted by Crippen LogP contribution is 2.06. The van der Waals surface area contributed by atoms with Crippen LogP contribution >= 0.6 is 0 Å². The largest absolute Gasteiger partial charge is 0.507 e. The number of carboxylic acid groups (broad SMARTS) is 1. The third-order valence-corrected chi connectivity index (χ3v) is 1.31. The van der Waals surface area contributed by atoms with Gasteiger partial charge in [-0.1, -0.05) is 0 Å². The Morgan fingerprint density at radius 3 is 2.80 bits per heavy atom. The summed E-state index contributed by atoms with van der Waals surface area (Å²) in [4.78, 5) is 9.92. The highest BCUT2D eigenvalue weighted by molar-refractivity contribution is 5.57. The Balaban J connectivity index is 2.24. The first-order valence-corrected chi connectivity index (χ1v) is 2.99. The Morgan fingerprint density at radius 2 is 2.40 bits per heavy atom. The molecule has 1 rings (SSSR count). The van der Waals surface area contributed by atoms with Crippen LogP contribution in [0.3, 0.4) is 0 Å². The number of aliphatic hydroxyl groups excluding tert-OH is 1. The monoisotopic (exact) mass is 147 g/mol. The summed E-state index contributed by atoms with van der Waals surface area (Å²) in [5.41, 5.74) is 0. The minimum atomic E-state index is -1.31. The predicted molar refractivity (Wildman–Crippen MR) is 31.5 cm³/mol. The van der Waals surface area contributed by atoms with E-state index in [0.29, 0.717) is 13.0 Å². The van der Waals surface area contributed by atoms with Crippen LogP contribution in [0.5, 0.6) is 0 Å². The van der Waals surface area contributed by atoms with E-state index < -0.39 is 18.5 Å². The van der Waals surface area contributed by atoms with Crippen molar-refractivity contribution >= 4 is 6.16 Å². The molecule has 58 valence electrons. The molecule has 5 heteroatoms. The molecule has 0 aromatic rings. The second-order valence-electron chi connectivity index (χ2n) is 2.17. The summed E-state index contributed by atoms with van der Waals surface area (Å²) in [6, 6.07) is 0. The van der Waals surface area contributed by atoms with E-state index in [-0.39, 0.29) is 0 Å². The van der Waals surface area contributed by atoms with Crippen LogP contribution < -0.4 is 5.32 Å². The summed E-state index contributed by atoms with van der Waals surface area (Å²) >= 11 is 0. The summed E-state index contributed by atoms with van der Waals surface area (Å²) in [5.74, 6) is 0. The molecule has 0 amide bonds. The van der Waals surface area contributed by atoms with Crippen LogP contribution in [-0.4, -0.2) is 35.2 Å². The first kappa shape index (κ1) is 7.30. The van der Waals surface area contributed by atoms with Crippen molar-refractivity contribution in [2.24, 2.45) is 0 Å². The van der Waals surface area contributed by atoms with Crippen molar-refractivity contribution in [3.8, 4) is 0 Å². The van der Waals surface area contributed by atoms with Crippen LogP contribution in [0.4, 0.5) is 4.79 Å². The van der Waals surface area contributed by atoms with E-state index in [9.17, 15) is 4.79 Å². The molecule has 0 saturated carbocycles. The van der Waals surface area contributed by atoms with Crippen LogP contribution in [0.2, 0.25) is 0 Å². The molecule has 10 heavy (non-hydrogen) atoms. The molecule has 3 N–H and O–H groups in total. The van der Waals surface area contributed by atoms with Crippen LogP contribution in [0.1, 0.15) is 6.42 Å². The van der Waals surface area contributed by atoms with Gasteiger partial charge in [0.15, 0.2) is 6.23 Å². The maximum Gasteiger partial charge on any atom is 0.507 e. The standard InChI is InChI=1S/C5H9NO4/c7-3-1-4(6-2-3)10-5(8)9/h3-4,6-7H,1-2H2,(H,8,9)/t3-,4+/m1/s1. The minimum Gasteiger partial charge on any atom is -0.450 e. The molecule has 0 spiro atoms. The minimum absolute atomic E-state index is 0.340. The zero-order valence-electron chi connectivity index (χ0n) is 5.28. The average Bonchev–Trinajstić information content (AvgIpc) is 2.13. The van der Waals surface area contributed by atoms with E-state index in [1.807, 2.05) is 0 Å². The van der Waals surface area contributed by atoms with Gasteiger partial charge in [-0.2, -0.15) is 0 Å². The summed E-state index contributed by atoms with van der Waals surface area (Å²) in [7, 11) is 0. The van der Waals surface area contributed by atoms with Crippen LogP contribution in [0.25, 0.3) is 0 Å². The van der Waals surface area contributed by atoms with E-state index >= 15 is 0 Å². The Kier molecular flexibility index (Phi) is 2.08. The van der Waals surface area contributed by atoms with Gasteiger partial charge in [0, 0.05) is 13.0 Å². The molecule has 1 aliphatic rings. The maximum absolute atomic E-state index is 9.92. The molecule has 1 aliphatic heterocycles. The summed E-state index contributed by atoms with van der Waals surface area (Å²) in [5, 5.41) is 19.7. The van der Waals surface area contributed by atoms with E-state index in [2.05, 4.69) is 10.1 Å². The van der Waals surface area contributed by atoms with Gasteiger partial charge in [0.05, 0.1) is 6.10 Å². The van der Waals surface area contributed by atoms with Crippen LogP contribution in [-0.2, 0) is 4.74 Å². The molecule has 1 fully saturated rings. The third kappa shape index (κ3) is 1.85. The Bertz CT molecular complexity index is 138. The normalized spacial score (nSPS) is 32.1. The second kappa shape index (κ2) is 2.85. The number of β-amino-alcohol motifs (C(OH)–C–C–N with tert-alkyl or cyclic N) is 1. The van der Waals surface area contributed by atoms with Gasteiger partial charge >= 0.3 is 6.16 Å². The van der Waals surface area contributed by atoms with Gasteiger partial charge in [-0.25, -0.2) is 4.79 Å². The molecule has 1 heterocycles. The molecule has 1 saturated heterocycles. The second-order valence-corrected chi connectivity index (χ2v) is 2.17. The van der Waals surface area contributed by atoms with Crippen molar-refractivity contribution in [1.29, 1.82) is 0 Å². The lowest BCUT2D eigenvalue weighted by molar-refractivity contribution is 0.0405. The molecule has 0 unspecified atom stereocenters. The van der Waals surface area contributed by atoms with Crippen molar-refractivity contribution in [3.63, 3.8) is 0 Å². The summed E-state index contributed by atoms with van der Waals surface area (Å²) in [6.07, 6.45) is -1.99. The van der Waals surface area contributed by atoms with Crippen molar-refractivity contribution in [1.82, 2.24) is 5.32 Å². The first-order valence-electron chi connectivity index (χ1n) is 2.99. The van der Waals surface area contributed by atoms with E-state index in [0.717, 1.165) is 0 Å². The molecule has 0 bridgehead atoms. The molecule has 2 atom stereocenters. The number of hydrogen-bond acceptors (Lipinski definition) is 4. The SMILES string of the molecule is O=C(O)O[C@H]1C[C@@H](O)CN1. The fourth-order valence-electron chi connectivity index (χ4n) is 0.893. The van der Waals surface area contributed by atoms with Crippen LogP contribution in [0, 0.1) is 0 Å². The van der Waals surface area contributed by atoms with Crippen molar-refractivity contribution in [3.05, 3.63) is 0 Å². The molecule has 0 aliphatic carbocycles. The summed E-state index contributed by atoms with van der Waals surface area (Å²) < 4.78 is 4.33. The number of nitrogens with one attached hydrogen (secondary N) is 1. The predicted octanol–water partition coefficient (Wildman–Crippen LogP) is -0.639. The smallest absolute Gasteiger partial charge is 0.450 e. The first-order chi connectivity index (χ1) is 4.68. The molecule has 0 radical (unpaired) electrons. The van der Waals surface area contributed by atoms with Crippen LogP contribution in [0.15, 0.2) is 0 Å². The Hall–Kier alpha value is -0.810. The van der Waals surface area contributed by atoms with E-state index in [4.69, 9.17) is 10.2 Å². The van der Waals surface area contributed by atoms with Gasteiger partial charge in [0.2, 0.25) is 0 Å². The lowest BCUT2D eigenvalue weighted by Gasteiger charge is -2.06. The van der Waals surface area contributed by atoms with E-state index in [1.54, 1.807) is 0 Å². The van der Waals surface area contributed by atoms with Gasteiger partial charge in [-0.3, -0.25) is 5.32 Å². The van der Waals surface area contributed by atoms with Gasteiger partial charge in [0.25, 0.3) is 0 Å². The molecular weight excluding hydrogens is 138 g/mol. The zero-order valence-corrected chi connectivity index (χ0v) is 5.28. The van der Waals surface area contributed by atoms with Crippen molar-refractivity contribution < 1.29 is 19.7 Å². The quantitative estimate of drug-likeness (QED) is 0.430. The highest BCUT2D eigenvalue weighted by atomic mass is 16.7. The Morgan fingerprint density at radius 1 is 1.70 bits per heavy atom. The topological polar surface area (TPSA) is 78.8 Å². The third-order valence-electron chi connectivity index (χ3n) is 1.31. The molecule has 0 aromatic carbocycles. The molecular formula is C5H9NO4. The number of ether oxygens (including phenoxy) is 1. The lowest BCUT2D eigenvalue weighted by atomic mass is 10.3. The number of rotatable bonds is 1. The molecule has 5 nitrogen and oxygen atoms in total. The van der Waals surface area contributed by atoms with Crippen molar-refractivity contribution in [2.75, 3.05) is 6.54 Å². The molecule has 0 aromatic heterocycles. The van der Waals surface area contributed by atoms with Gasteiger partial charge < -0.3 is 14.9 Å². The fourth-order valence-corrected chi connectivity index (χ4v) is 0.893. The van der Waals surface area contributed by atoms with Gasteiger partial charge in [-0.15, -0.1) is 0 Å². The van der Waals surface area contributed by atoms with E-state index in [1.165, 1.54) is 0 Å². The Labute approximate surface area is 57.6 Å². The van der Waals surface area contributed by atoms with Gasteiger partial charge in [0.1, 0.15) is 0 Å². The zero-order chi connectivity index (χ0) is 7.56. The maximum atomic E-state index is 9.92. The lowest BCUT2D eigenvalue weighted by Crippen LogP contribution is -2.26. The summed E-state index contributed by atoms with van der Waals surface area (Å²) in [6.45, 7) is 0.401. The number of aliphatic hydroxyl groups is 1. The average molecular weight is 147 g/mol. The van der Waals surface area contributed by atoms with Crippen molar-refractivity contribution in [2.45, 2.75) is 18.8 Å². The number of hydrogen-bond donors (Lipinski definition) is 3. The van der Waals surface area contributed by atoms with Gasteiger partial charge in [-0.05, 0) is 0 Å². The number of carbonyl (C=O) groups is 1. The highest BCUT2D eigenvalue weighted by Gasteiger charge is 2.24. The fraction of sp³-hybridized carbons (Fsp3) is 0.800.